The molecule has 0 fully saturated rings. The van der Waals surface area contributed by atoms with Crippen molar-refractivity contribution < 1.29 is 0 Å². The van der Waals surface area contributed by atoms with Gasteiger partial charge in [-0.2, -0.15) is 0 Å². The maximum atomic E-state index is 4.35. The van der Waals surface area contributed by atoms with E-state index in [-0.39, 0.29) is 0 Å². The standard InChI is InChI=1S/C49H32N2S2/c1-3-31(28-37-30(2)50(39-18-8-4-14-33(37)39)42-20-12-24-46-48(42)35-16-6-10-22-44(35)52-46)32-26-27-41-38(29-32)34-15-5-9-19-40(34)51(41)43-21-13-25-47-49(43)36-17-7-11-23-45(36)53-47/h3-29H,1H2,2H3/b31-28+. The van der Waals surface area contributed by atoms with Gasteiger partial charge in [0, 0.05) is 67.8 Å². The first-order chi connectivity index (χ1) is 26.2. The summed E-state index contributed by atoms with van der Waals surface area (Å²) in [6.07, 6.45) is 4.35. The lowest BCUT2D eigenvalue weighted by molar-refractivity contribution is 1.06. The van der Waals surface area contributed by atoms with Gasteiger partial charge in [-0.1, -0.05) is 104 Å². The van der Waals surface area contributed by atoms with E-state index in [4.69, 9.17) is 0 Å². The summed E-state index contributed by atoms with van der Waals surface area (Å²) in [4.78, 5) is 0. The predicted octanol–water partition coefficient (Wildman–Crippen LogP) is 14.5. The minimum Gasteiger partial charge on any atom is -0.313 e. The highest BCUT2D eigenvalue weighted by Crippen LogP contribution is 2.43. The Hall–Kier alpha value is -6.20. The molecule has 0 amide bonds. The zero-order valence-electron chi connectivity index (χ0n) is 29.0. The molecule has 0 spiro atoms. The van der Waals surface area contributed by atoms with Crippen LogP contribution in [0.5, 0.6) is 0 Å². The molecule has 0 aliphatic heterocycles. The lowest BCUT2D eigenvalue weighted by Gasteiger charge is -2.11. The summed E-state index contributed by atoms with van der Waals surface area (Å²) >= 11 is 3.73. The molecule has 0 aliphatic carbocycles. The Morgan fingerprint density at radius 3 is 1.64 bits per heavy atom. The Kier molecular flexibility index (Phi) is 6.69. The molecule has 2 nitrogen and oxygen atoms in total. The van der Waals surface area contributed by atoms with Crippen LogP contribution in [0.15, 0.2) is 164 Å². The van der Waals surface area contributed by atoms with E-state index in [1.807, 2.05) is 28.7 Å². The molecule has 0 bridgehead atoms. The van der Waals surface area contributed by atoms with Crippen LogP contribution in [0.1, 0.15) is 16.8 Å². The first kappa shape index (κ1) is 30.4. The van der Waals surface area contributed by atoms with Crippen LogP contribution in [0.4, 0.5) is 0 Å². The van der Waals surface area contributed by atoms with E-state index in [0.29, 0.717) is 0 Å². The molecule has 4 heteroatoms. The molecule has 0 saturated carbocycles. The SMILES string of the molecule is C=C/C(=C\c1c(C)n(-c2cccc3sc4ccccc4c23)c2ccccc12)c1ccc2c(c1)c1ccccc1n2-c1cccc2sc3ccccc3c12. The monoisotopic (exact) mass is 712 g/mol. The van der Waals surface area contributed by atoms with Crippen LogP contribution in [0.3, 0.4) is 0 Å². The van der Waals surface area contributed by atoms with Crippen LogP contribution < -0.4 is 0 Å². The maximum absolute atomic E-state index is 4.35. The normalized spacial score (nSPS) is 12.4. The molecule has 0 N–H and O–H groups in total. The van der Waals surface area contributed by atoms with Crippen LogP contribution in [0.25, 0.3) is 96.1 Å². The summed E-state index contributed by atoms with van der Waals surface area (Å²) in [6, 6.07) is 55.5. The van der Waals surface area contributed by atoms with Gasteiger partial charge in [0.05, 0.1) is 27.9 Å². The fraction of sp³-hybridized carbons (Fsp3) is 0.0204. The molecular formula is C49H32N2S2. The van der Waals surface area contributed by atoms with Gasteiger partial charge in [-0.3, -0.25) is 0 Å². The van der Waals surface area contributed by atoms with Crippen molar-refractivity contribution in [1.82, 2.24) is 9.13 Å². The van der Waals surface area contributed by atoms with Crippen LogP contribution in [0, 0.1) is 6.92 Å². The summed E-state index contributed by atoms with van der Waals surface area (Å²) in [7, 11) is 0. The quantitative estimate of drug-likeness (QED) is 0.157. The highest BCUT2D eigenvalue weighted by atomic mass is 32.1. The second-order valence-electron chi connectivity index (χ2n) is 13.7. The van der Waals surface area contributed by atoms with Crippen LogP contribution in [-0.2, 0) is 0 Å². The molecular weight excluding hydrogens is 681 g/mol. The molecule has 53 heavy (non-hydrogen) atoms. The number of allylic oxidation sites excluding steroid dienone is 2. The number of rotatable bonds is 5. The number of para-hydroxylation sites is 2. The minimum absolute atomic E-state index is 1.10. The molecule has 0 aliphatic rings. The Morgan fingerprint density at radius 1 is 0.491 bits per heavy atom. The van der Waals surface area contributed by atoms with Crippen molar-refractivity contribution in [2.45, 2.75) is 6.92 Å². The molecule has 0 saturated heterocycles. The first-order valence-electron chi connectivity index (χ1n) is 18.0. The number of fused-ring (bicyclic) bond motifs is 10. The second-order valence-corrected chi connectivity index (χ2v) is 15.9. The molecule has 4 heterocycles. The van der Waals surface area contributed by atoms with E-state index < -0.39 is 0 Å². The number of hydrogen-bond donors (Lipinski definition) is 0. The van der Waals surface area contributed by atoms with Crippen molar-refractivity contribution in [2.24, 2.45) is 0 Å². The van der Waals surface area contributed by atoms with Gasteiger partial charge in [-0.25, -0.2) is 0 Å². The lowest BCUT2D eigenvalue weighted by Crippen LogP contribution is -1.97. The molecule has 250 valence electrons. The van der Waals surface area contributed by atoms with Crippen LogP contribution in [-0.4, -0.2) is 9.13 Å². The summed E-state index contributed by atoms with van der Waals surface area (Å²) in [6.45, 7) is 6.61. The fourth-order valence-corrected chi connectivity index (χ4v) is 10.9. The number of aromatic nitrogens is 2. The third-order valence-electron chi connectivity index (χ3n) is 10.9. The smallest absolute Gasteiger partial charge is 0.0555 e. The van der Waals surface area contributed by atoms with E-state index in [1.165, 1.54) is 95.7 Å². The van der Waals surface area contributed by atoms with Gasteiger partial charge in [0.25, 0.3) is 0 Å². The summed E-state index contributed by atoms with van der Waals surface area (Å²) < 4.78 is 10.2. The second kappa shape index (κ2) is 11.7. The predicted molar refractivity (Wildman–Crippen MR) is 233 cm³/mol. The average Bonchev–Trinajstić information content (AvgIpc) is 3.94. The van der Waals surface area contributed by atoms with Crippen molar-refractivity contribution >= 4 is 107 Å². The van der Waals surface area contributed by atoms with E-state index in [1.54, 1.807) is 0 Å². The average molecular weight is 713 g/mol. The van der Waals surface area contributed by atoms with Gasteiger partial charge in [0.15, 0.2) is 0 Å². The molecule has 4 aromatic heterocycles. The summed E-state index contributed by atoms with van der Waals surface area (Å²) in [5.74, 6) is 0. The van der Waals surface area contributed by atoms with Crippen molar-refractivity contribution in [3.63, 3.8) is 0 Å². The zero-order chi connectivity index (χ0) is 35.2. The molecule has 11 aromatic rings. The zero-order valence-corrected chi connectivity index (χ0v) is 30.6. The Bertz CT molecular complexity index is 3320. The highest BCUT2D eigenvalue weighted by Gasteiger charge is 2.20. The number of benzene rings is 7. The van der Waals surface area contributed by atoms with E-state index in [9.17, 15) is 0 Å². The largest absolute Gasteiger partial charge is 0.313 e. The van der Waals surface area contributed by atoms with E-state index in [0.717, 1.165) is 11.1 Å². The van der Waals surface area contributed by atoms with Gasteiger partial charge >= 0.3 is 0 Å². The molecule has 0 atom stereocenters. The van der Waals surface area contributed by atoms with Gasteiger partial charge in [-0.15, -0.1) is 22.7 Å². The maximum Gasteiger partial charge on any atom is 0.0555 e. The van der Waals surface area contributed by atoms with Gasteiger partial charge in [-0.05, 0) is 84.8 Å². The minimum atomic E-state index is 1.10. The topological polar surface area (TPSA) is 9.86 Å². The van der Waals surface area contributed by atoms with E-state index in [2.05, 4.69) is 180 Å². The van der Waals surface area contributed by atoms with Crippen LogP contribution in [0.2, 0.25) is 0 Å². The highest BCUT2D eigenvalue weighted by molar-refractivity contribution is 7.26. The molecule has 11 rings (SSSR count). The number of thiophene rings is 2. The van der Waals surface area contributed by atoms with E-state index >= 15 is 0 Å². The van der Waals surface area contributed by atoms with Gasteiger partial charge in [0.2, 0.25) is 0 Å². The molecule has 7 aromatic carbocycles. The Balaban J connectivity index is 1.12. The number of hydrogen-bond acceptors (Lipinski definition) is 2. The first-order valence-corrected chi connectivity index (χ1v) is 19.6. The fourth-order valence-electron chi connectivity index (χ4n) is 8.60. The summed E-state index contributed by atoms with van der Waals surface area (Å²) in [5.41, 5.74) is 10.7. The number of nitrogens with zero attached hydrogens (tertiary/aromatic N) is 2. The molecule has 0 unspecified atom stereocenters. The third-order valence-corrected chi connectivity index (χ3v) is 13.2. The lowest BCUT2D eigenvalue weighted by atomic mass is 9.99. The van der Waals surface area contributed by atoms with Crippen molar-refractivity contribution in [3.05, 3.63) is 181 Å². The third kappa shape index (κ3) is 4.43. The molecule has 0 radical (unpaired) electrons. The van der Waals surface area contributed by atoms with Crippen LogP contribution >= 0.6 is 22.7 Å². The van der Waals surface area contributed by atoms with Crippen molar-refractivity contribution in [3.8, 4) is 11.4 Å². The van der Waals surface area contributed by atoms with Crippen molar-refractivity contribution in [2.75, 3.05) is 0 Å². The Labute approximate surface area is 314 Å². The van der Waals surface area contributed by atoms with Gasteiger partial charge < -0.3 is 9.13 Å². The van der Waals surface area contributed by atoms with Gasteiger partial charge in [0.1, 0.15) is 0 Å². The summed E-state index contributed by atoms with van der Waals surface area (Å²) in [5, 5.41) is 8.94. The van der Waals surface area contributed by atoms with Crippen molar-refractivity contribution in [1.29, 1.82) is 0 Å². The Morgan fingerprint density at radius 2 is 1.00 bits per heavy atom.